The maximum Gasteiger partial charge on any atom is 0.132 e. The van der Waals surface area contributed by atoms with Crippen molar-refractivity contribution in [1.82, 2.24) is 25.1 Å². The van der Waals surface area contributed by atoms with Crippen molar-refractivity contribution in [2.45, 2.75) is 25.3 Å². The van der Waals surface area contributed by atoms with Gasteiger partial charge in [-0.15, -0.1) is 0 Å². The minimum Gasteiger partial charge on any atom is -0.348 e. The van der Waals surface area contributed by atoms with Gasteiger partial charge in [-0.2, -0.15) is 5.10 Å². The largest absolute Gasteiger partial charge is 0.348 e. The van der Waals surface area contributed by atoms with Crippen molar-refractivity contribution in [3.63, 3.8) is 0 Å². The number of nitrogens with zero attached hydrogens (tertiary/aromatic N) is 3. The third kappa shape index (κ3) is 2.97. The SMILES string of the molecule is Fc1ccccc1-c1[nH]ncc1CN1CCC[C@@H](c2ncc[nH]2)C1. The Morgan fingerprint density at radius 3 is 3.04 bits per heavy atom. The fraction of sp³-hybridized carbons (Fsp3) is 0.333. The van der Waals surface area contributed by atoms with Gasteiger partial charge in [0.15, 0.2) is 0 Å². The molecule has 2 aromatic heterocycles. The van der Waals surface area contributed by atoms with Crippen LogP contribution in [0.5, 0.6) is 0 Å². The van der Waals surface area contributed by atoms with Gasteiger partial charge in [0.2, 0.25) is 0 Å². The molecule has 0 bridgehead atoms. The molecule has 0 saturated carbocycles. The number of benzene rings is 1. The zero-order chi connectivity index (χ0) is 16.4. The topological polar surface area (TPSA) is 60.6 Å². The molecule has 24 heavy (non-hydrogen) atoms. The third-order valence-corrected chi connectivity index (χ3v) is 4.67. The van der Waals surface area contributed by atoms with E-state index in [1.165, 1.54) is 6.07 Å². The molecule has 124 valence electrons. The van der Waals surface area contributed by atoms with Crippen LogP contribution in [0.4, 0.5) is 4.39 Å². The van der Waals surface area contributed by atoms with E-state index < -0.39 is 0 Å². The summed E-state index contributed by atoms with van der Waals surface area (Å²) in [6.07, 6.45) is 7.77. The van der Waals surface area contributed by atoms with Gasteiger partial charge < -0.3 is 4.98 Å². The summed E-state index contributed by atoms with van der Waals surface area (Å²) in [4.78, 5) is 10.0. The van der Waals surface area contributed by atoms with Gasteiger partial charge in [0.25, 0.3) is 0 Å². The number of nitrogens with one attached hydrogen (secondary N) is 2. The molecule has 4 rings (SSSR count). The lowest BCUT2D eigenvalue weighted by molar-refractivity contribution is 0.197. The van der Waals surface area contributed by atoms with Crippen LogP contribution in [0.3, 0.4) is 0 Å². The molecule has 6 heteroatoms. The van der Waals surface area contributed by atoms with E-state index in [0.29, 0.717) is 11.5 Å². The number of imidazole rings is 1. The molecule has 2 N–H and O–H groups in total. The molecule has 5 nitrogen and oxygen atoms in total. The number of aromatic amines is 2. The predicted octanol–water partition coefficient (Wildman–Crippen LogP) is 3.32. The molecule has 1 aromatic carbocycles. The van der Waals surface area contributed by atoms with Crippen molar-refractivity contribution in [1.29, 1.82) is 0 Å². The van der Waals surface area contributed by atoms with E-state index in [1.54, 1.807) is 24.5 Å². The van der Waals surface area contributed by atoms with E-state index >= 15 is 0 Å². The Bertz CT molecular complexity index is 795. The van der Waals surface area contributed by atoms with Crippen molar-refractivity contribution in [3.8, 4) is 11.3 Å². The summed E-state index contributed by atoms with van der Waals surface area (Å²) < 4.78 is 14.1. The van der Waals surface area contributed by atoms with Crippen LogP contribution in [0.2, 0.25) is 0 Å². The molecule has 0 amide bonds. The lowest BCUT2D eigenvalue weighted by Gasteiger charge is -2.31. The molecular weight excluding hydrogens is 305 g/mol. The van der Waals surface area contributed by atoms with E-state index in [2.05, 4.69) is 25.1 Å². The highest BCUT2D eigenvalue weighted by molar-refractivity contribution is 5.63. The van der Waals surface area contributed by atoms with Crippen LogP contribution >= 0.6 is 0 Å². The van der Waals surface area contributed by atoms with E-state index in [4.69, 9.17) is 0 Å². The van der Waals surface area contributed by atoms with Gasteiger partial charge >= 0.3 is 0 Å². The molecular formula is C18H20FN5. The van der Waals surface area contributed by atoms with E-state index in [9.17, 15) is 4.39 Å². The standard InChI is InChI=1S/C18H20FN5/c19-16-6-2-1-5-15(16)17-14(10-22-23-17)12-24-9-3-4-13(11-24)18-20-7-8-21-18/h1-2,5-8,10,13H,3-4,9,11-12H2,(H,20,21)(H,22,23)/t13-/m1/s1. The van der Waals surface area contributed by atoms with Gasteiger partial charge in [0.05, 0.1) is 11.9 Å². The summed E-state index contributed by atoms with van der Waals surface area (Å²) in [5.41, 5.74) is 2.37. The first-order valence-corrected chi connectivity index (χ1v) is 8.30. The Morgan fingerprint density at radius 2 is 2.21 bits per heavy atom. The Balaban J connectivity index is 1.52. The first-order valence-electron chi connectivity index (χ1n) is 8.30. The average molecular weight is 325 g/mol. The first-order chi connectivity index (χ1) is 11.8. The number of halogens is 1. The Hall–Kier alpha value is -2.47. The van der Waals surface area contributed by atoms with Gasteiger partial charge in [-0.3, -0.25) is 10.00 Å². The first kappa shape index (κ1) is 15.1. The monoisotopic (exact) mass is 325 g/mol. The summed E-state index contributed by atoms with van der Waals surface area (Å²) in [7, 11) is 0. The second-order valence-electron chi connectivity index (χ2n) is 6.30. The summed E-state index contributed by atoms with van der Waals surface area (Å²) in [5, 5.41) is 7.09. The number of aromatic nitrogens is 4. The fourth-order valence-electron chi connectivity index (χ4n) is 3.49. The Labute approximate surface area is 139 Å². The Kier molecular flexibility index (Phi) is 4.13. The number of H-pyrrole nitrogens is 2. The van der Waals surface area contributed by atoms with Crippen LogP contribution in [0.15, 0.2) is 42.9 Å². The van der Waals surface area contributed by atoms with Crippen LogP contribution in [0.1, 0.15) is 30.1 Å². The lowest BCUT2D eigenvalue weighted by Crippen LogP contribution is -2.34. The van der Waals surface area contributed by atoms with Crippen molar-refractivity contribution in [3.05, 3.63) is 60.1 Å². The average Bonchev–Trinajstić information content (AvgIpc) is 3.27. The second kappa shape index (κ2) is 6.57. The molecule has 0 spiro atoms. The molecule has 1 aliphatic rings. The van der Waals surface area contributed by atoms with Crippen molar-refractivity contribution in [2.24, 2.45) is 0 Å². The molecule has 0 aliphatic carbocycles. The van der Waals surface area contributed by atoms with Crippen LogP contribution < -0.4 is 0 Å². The maximum absolute atomic E-state index is 14.1. The molecule has 3 aromatic rings. The number of rotatable bonds is 4. The quantitative estimate of drug-likeness (QED) is 0.773. The van der Waals surface area contributed by atoms with E-state index in [-0.39, 0.29) is 5.82 Å². The number of likely N-dealkylation sites (tertiary alicyclic amines) is 1. The zero-order valence-corrected chi connectivity index (χ0v) is 13.4. The summed E-state index contributed by atoms with van der Waals surface area (Å²) >= 11 is 0. The highest BCUT2D eigenvalue weighted by Crippen LogP contribution is 2.28. The van der Waals surface area contributed by atoms with Gasteiger partial charge in [-0.05, 0) is 31.5 Å². The number of hydrogen-bond acceptors (Lipinski definition) is 3. The maximum atomic E-state index is 14.1. The predicted molar refractivity (Wildman–Crippen MR) is 89.8 cm³/mol. The van der Waals surface area contributed by atoms with Crippen LogP contribution in [0.25, 0.3) is 11.3 Å². The molecule has 1 aliphatic heterocycles. The zero-order valence-electron chi connectivity index (χ0n) is 13.4. The third-order valence-electron chi connectivity index (χ3n) is 4.67. The Morgan fingerprint density at radius 1 is 1.29 bits per heavy atom. The van der Waals surface area contributed by atoms with E-state index in [0.717, 1.165) is 49.6 Å². The number of piperidine rings is 1. The highest BCUT2D eigenvalue weighted by atomic mass is 19.1. The fourth-order valence-corrected chi connectivity index (χ4v) is 3.49. The molecule has 1 atom stereocenters. The van der Waals surface area contributed by atoms with Crippen LogP contribution in [-0.4, -0.2) is 38.2 Å². The molecule has 3 heterocycles. The second-order valence-corrected chi connectivity index (χ2v) is 6.30. The summed E-state index contributed by atoms with van der Waals surface area (Å²) in [6.45, 7) is 2.76. The highest BCUT2D eigenvalue weighted by Gasteiger charge is 2.24. The lowest BCUT2D eigenvalue weighted by atomic mass is 9.96. The van der Waals surface area contributed by atoms with Gasteiger partial charge in [-0.25, -0.2) is 9.37 Å². The van der Waals surface area contributed by atoms with Crippen molar-refractivity contribution >= 4 is 0 Å². The smallest absolute Gasteiger partial charge is 0.132 e. The van der Waals surface area contributed by atoms with Crippen molar-refractivity contribution in [2.75, 3.05) is 13.1 Å². The van der Waals surface area contributed by atoms with Crippen molar-refractivity contribution < 1.29 is 4.39 Å². The minimum absolute atomic E-state index is 0.227. The normalized spacial score (nSPS) is 18.8. The molecule has 1 fully saturated rings. The van der Waals surface area contributed by atoms with Crippen LogP contribution in [0, 0.1) is 5.82 Å². The summed E-state index contributed by atoms with van der Waals surface area (Å²) in [6, 6.07) is 6.81. The molecule has 0 unspecified atom stereocenters. The van der Waals surface area contributed by atoms with Crippen LogP contribution in [-0.2, 0) is 6.54 Å². The minimum atomic E-state index is -0.227. The van der Waals surface area contributed by atoms with Gasteiger partial charge in [-0.1, -0.05) is 12.1 Å². The van der Waals surface area contributed by atoms with E-state index in [1.807, 2.05) is 12.3 Å². The summed E-state index contributed by atoms with van der Waals surface area (Å²) in [5.74, 6) is 1.26. The molecule has 0 radical (unpaired) electrons. The molecule has 1 saturated heterocycles. The van der Waals surface area contributed by atoms with Gasteiger partial charge in [0, 0.05) is 42.5 Å². The number of hydrogen-bond donors (Lipinski definition) is 2. The van der Waals surface area contributed by atoms with Gasteiger partial charge in [0.1, 0.15) is 11.6 Å².